The number of anilines is 1. The minimum Gasteiger partial charge on any atom is -0.398 e. The predicted molar refractivity (Wildman–Crippen MR) is 77.3 cm³/mol. The first-order chi connectivity index (χ1) is 9.75. The lowest BCUT2D eigenvalue weighted by Gasteiger charge is -2.32. The lowest BCUT2D eigenvalue weighted by atomic mass is 9.94. The van der Waals surface area contributed by atoms with E-state index in [2.05, 4.69) is 10.2 Å². The topological polar surface area (TPSA) is 75.0 Å². The number of para-hydroxylation sites is 1. The SMILES string of the molecule is Nc1ccccc1C(=O)N1CCCC(c2ccn[nH]2)C1. The van der Waals surface area contributed by atoms with Gasteiger partial charge in [0.25, 0.3) is 5.91 Å². The first-order valence-electron chi connectivity index (χ1n) is 6.89. The van der Waals surface area contributed by atoms with Crippen LogP contribution in [0.25, 0.3) is 0 Å². The van der Waals surface area contributed by atoms with E-state index >= 15 is 0 Å². The van der Waals surface area contributed by atoms with Crippen molar-refractivity contribution in [1.82, 2.24) is 15.1 Å². The van der Waals surface area contributed by atoms with Crippen LogP contribution in [-0.4, -0.2) is 34.1 Å². The molecule has 1 aliphatic rings. The molecule has 1 saturated heterocycles. The van der Waals surface area contributed by atoms with E-state index in [0.29, 0.717) is 17.2 Å². The molecule has 2 aromatic rings. The van der Waals surface area contributed by atoms with Gasteiger partial charge in [-0.2, -0.15) is 5.10 Å². The van der Waals surface area contributed by atoms with Crippen LogP contribution >= 0.6 is 0 Å². The molecule has 1 atom stereocenters. The van der Waals surface area contributed by atoms with Crippen molar-refractivity contribution in [3.8, 4) is 0 Å². The Kier molecular flexibility index (Phi) is 3.41. The number of nitrogens with zero attached hydrogens (tertiary/aromatic N) is 2. The molecule has 1 fully saturated rings. The van der Waals surface area contributed by atoms with E-state index in [9.17, 15) is 4.79 Å². The number of nitrogen functional groups attached to an aromatic ring is 1. The van der Waals surface area contributed by atoms with Gasteiger partial charge >= 0.3 is 0 Å². The van der Waals surface area contributed by atoms with Gasteiger partial charge in [0.15, 0.2) is 0 Å². The highest BCUT2D eigenvalue weighted by atomic mass is 16.2. The minimum atomic E-state index is 0.0207. The van der Waals surface area contributed by atoms with Crippen molar-refractivity contribution in [2.45, 2.75) is 18.8 Å². The van der Waals surface area contributed by atoms with Crippen LogP contribution in [-0.2, 0) is 0 Å². The standard InChI is InChI=1S/C15H18N4O/c16-13-6-2-1-5-12(13)15(20)19-9-3-4-11(10-19)14-7-8-17-18-14/h1-2,5-8,11H,3-4,9-10,16H2,(H,17,18). The molecule has 1 aromatic carbocycles. The van der Waals surface area contributed by atoms with E-state index in [0.717, 1.165) is 31.6 Å². The van der Waals surface area contributed by atoms with Gasteiger partial charge in [0.05, 0.1) is 5.56 Å². The first kappa shape index (κ1) is 12.7. The first-order valence-corrected chi connectivity index (χ1v) is 6.89. The molecular formula is C15H18N4O. The molecule has 2 heterocycles. The van der Waals surface area contributed by atoms with Gasteiger partial charge in [-0.3, -0.25) is 9.89 Å². The van der Waals surface area contributed by atoms with Crippen molar-refractivity contribution in [3.05, 3.63) is 47.8 Å². The number of H-pyrrole nitrogens is 1. The number of hydrogen-bond donors (Lipinski definition) is 2. The van der Waals surface area contributed by atoms with Crippen LogP contribution in [0.1, 0.15) is 34.8 Å². The Morgan fingerprint density at radius 1 is 1.35 bits per heavy atom. The summed E-state index contributed by atoms with van der Waals surface area (Å²) in [5, 5.41) is 7.00. The molecule has 104 valence electrons. The third-order valence-corrected chi connectivity index (χ3v) is 3.86. The summed E-state index contributed by atoms with van der Waals surface area (Å²) in [6, 6.07) is 9.23. The number of aromatic nitrogens is 2. The van der Waals surface area contributed by atoms with Gasteiger partial charge < -0.3 is 10.6 Å². The average molecular weight is 270 g/mol. The fourth-order valence-corrected chi connectivity index (χ4v) is 2.77. The number of carbonyl (C=O) groups is 1. The largest absolute Gasteiger partial charge is 0.398 e. The lowest BCUT2D eigenvalue weighted by Crippen LogP contribution is -2.39. The molecule has 5 heteroatoms. The van der Waals surface area contributed by atoms with Crippen LogP contribution in [0, 0.1) is 0 Å². The summed E-state index contributed by atoms with van der Waals surface area (Å²) in [6.07, 6.45) is 3.84. The van der Waals surface area contributed by atoms with Crippen LogP contribution in [0.3, 0.4) is 0 Å². The van der Waals surface area contributed by atoms with E-state index in [-0.39, 0.29) is 5.91 Å². The molecule has 0 saturated carbocycles. The van der Waals surface area contributed by atoms with Crippen molar-refractivity contribution in [3.63, 3.8) is 0 Å². The number of benzene rings is 1. The molecule has 3 N–H and O–H groups in total. The van der Waals surface area contributed by atoms with E-state index in [1.807, 2.05) is 23.1 Å². The lowest BCUT2D eigenvalue weighted by molar-refractivity contribution is 0.0707. The molecule has 1 aromatic heterocycles. The molecule has 0 spiro atoms. The number of likely N-dealkylation sites (tertiary alicyclic amines) is 1. The van der Waals surface area contributed by atoms with Crippen molar-refractivity contribution >= 4 is 11.6 Å². The number of rotatable bonds is 2. The van der Waals surface area contributed by atoms with Crippen LogP contribution in [0.15, 0.2) is 36.5 Å². The second kappa shape index (κ2) is 5.36. The Morgan fingerprint density at radius 2 is 2.20 bits per heavy atom. The highest BCUT2D eigenvalue weighted by molar-refractivity contribution is 5.99. The Balaban J connectivity index is 1.77. The monoisotopic (exact) mass is 270 g/mol. The van der Waals surface area contributed by atoms with Gasteiger partial charge in [0.2, 0.25) is 0 Å². The molecule has 1 amide bonds. The van der Waals surface area contributed by atoms with Crippen LogP contribution < -0.4 is 5.73 Å². The number of amides is 1. The zero-order chi connectivity index (χ0) is 13.9. The van der Waals surface area contributed by atoms with Crippen molar-refractivity contribution in [2.24, 2.45) is 0 Å². The molecule has 5 nitrogen and oxygen atoms in total. The van der Waals surface area contributed by atoms with Crippen molar-refractivity contribution in [2.75, 3.05) is 18.8 Å². The van der Waals surface area contributed by atoms with Gasteiger partial charge in [0, 0.05) is 36.6 Å². The second-order valence-corrected chi connectivity index (χ2v) is 5.19. The molecular weight excluding hydrogens is 252 g/mol. The molecule has 1 unspecified atom stereocenters. The fraction of sp³-hybridized carbons (Fsp3) is 0.333. The number of carbonyl (C=O) groups excluding carboxylic acids is 1. The molecule has 3 rings (SSSR count). The zero-order valence-corrected chi connectivity index (χ0v) is 11.2. The normalized spacial score (nSPS) is 19.0. The van der Waals surface area contributed by atoms with Crippen molar-refractivity contribution < 1.29 is 4.79 Å². The third-order valence-electron chi connectivity index (χ3n) is 3.86. The highest BCUT2D eigenvalue weighted by Crippen LogP contribution is 2.27. The van der Waals surface area contributed by atoms with Gasteiger partial charge in [-0.1, -0.05) is 12.1 Å². The number of nitrogens with two attached hydrogens (primary N) is 1. The molecule has 0 aliphatic carbocycles. The fourth-order valence-electron chi connectivity index (χ4n) is 2.77. The molecule has 0 radical (unpaired) electrons. The summed E-state index contributed by atoms with van der Waals surface area (Å²) in [7, 11) is 0. The van der Waals surface area contributed by atoms with Gasteiger partial charge in [-0.15, -0.1) is 0 Å². The number of hydrogen-bond acceptors (Lipinski definition) is 3. The van der Waals surface area contributed by atoms with Crippen LogP contribution in [0.2, 0.25) is 0 Å². The maximum Gasteiger partial charge on any atom is 0.255 e. The Hall–Kier alpha value is -2.30. The van der Waals surface area contributed by atoms with Gasteiger partial charge in [-0.25, -0.2) is 0 Å². The Morgan fingerprint density at radius 3 is 2.95 bits per heavy atom. The summed E-state index contributed by atoms with van der Waals surface area (Å²) >= 11 is 0. The zero-order valence-electron chi connectivity index (χ0n) is 11.2. The maximum absolute atomic E-state index is 12.6. The summed E-state index contributed by atoms with van der Waals surface area (Å²) in [4.78, 5) is 14.4. The number of aromatic amines is 1. The summed E-state index contributed by atoms with van der Waals surface area (Å²) < 4.78 is 0. The Labute approximate surface area is 117 Å². The summed E-state index contributed by atoms with van der Waals surface area (Å²) in [5.41, 5.74) is 8.13. The van der Waals surface area contributed by atoms with E-state index in [4.69, 9.17) is 5.73 Å². The Bertz CT molecular complexity index is 594. The van der Waals surface area contributed by atoms with Gasteiger partial charge in [-0.05, 0) is 31.0 Å². The second-order valence-electron chi connectivity index (χ2n) is 5.19. The summed E-state index contributed by atoms with van der Waals surface area (Å²) in [5.74, 6) is 0.354. The maximum atomic E-state index is 12.6. The highest BCUT2D eigenvalue weighted by Gasteiger charge is 2.26. The van der Waals surface area contributed by atoms with E-state index in [1.54, 1.807) is 18.3 Å². The van der Waals surface area contributed by atoms with E-state index in [1.165, 1.54) is 0 Å². The number of nitrogens with one attached hydrogen (secondary N) is 1. The number of piperidine rings is 1. The van der Waals surface area contributed by atoms with Crippen LogP contribution in [0.4, 0.5) is 5.69 Å². The third kappa shape index (κ3) is 2.39. The van der Waals surface area contributed by atoms with Crippen LogP contribution in [0.5, 0.6) is 0 Å². The van der Waals surface area contributed by atoms with Crippen molar-refractivity contribution in [1.29, 1.82) is 0 Å². The predicted octanol–water partition coefficient (Wildman–Crippen LogP) is 2.01. The van der Waals surface area contributed by atoms with Gasteiger partial charge in [0.1, 0.15) is 0 Å². The molecule has 0 bridgehead atoms. The molecule has 20 heavy (non-hydrogen) atoms. The smallest absolute Gasteiger partial charge is 0.255 e. The molecule has 1 aliphatic heterocycles. The minimum absolute atomic E-state index is 0.0207. The average Bonchev–Trinajstić information content (AvgIpc) is 3.01. The van der Waals surface area contributed by atoms with E-state index < -0.39 is 0 Å². The summed E-state index contributed by atoms with van der Waals surface area (Å²) in [6.45, 7) is 1.51. The quantitative estimate of drug-likeness (QED) is 0.820.